The Labute approximate surface area is 128 Å². The van der Waals surface area contributed by atoms with Crippen LogP contribution < -0.4 is 9.47 Å². The van der Waals surface area contributed by atoms with Gasteiger partial charge < -0.3 is 9.47 Å². The topological polar surface area (TPSA) is 18.5 Å². The molecule has 0 spiro atoms. The van der Waals surface area contributed by atoms with Crippen molar-refractivity contribution in [3.05, 3.63) is 23.3 Å². The molecular weight excluding hydrogens is 293 g/mol. The third kappa shape index (κ3) is 3.87. The third-order valence-corrected chi connectivity index (χ3v) is 4.60. The van der Waals surface area contributed by atoms with E-state index >= 15 is 0 Å². The molecule has 0 unspecified atom stereocenters. The van der Waals surface area contributed by atoms with Crippen LogP contribution in [-0.2, 0) is 6.42 Å². The number of rotatable bonds is 6. The van der Waals surface area contributed by atoms with E-state index in [1.807, 2.05) is 6.07 Å². The first kappa shape index (κ1) is 15.5. The average Bonchev–Trinajstić information content (AvgIpc) is 3.19. The van der Waals surface area contributed by atoms with Crippen LogP contribution in [0.2, 0.25) is 0 Å². The second kappa shape index (κ2) is 6.01. The van der Waals surface area contributed by atoms with Crippen molar-refractivity contribution in [1.82, 2.24) is 0 Å². The van der Waals surface area contributed by atoms with Crippen molar-refractivity contribution in [1.29, 1.82) is 0 Å². The van der Waals surface area contributed by atoms with Gasteiger partial charge in [-0.3, -0.25) is 0 Å². The molecule has 0 aromatic heterocycles. The predicted molar refractivity (Wildman–Crippen MR) is 77.1 cm³/mol. The van der Waals surface area contributed by atoms with Gasteiger partial charge in [-0.2, -0.15) is 0 Å². The van der Waals surface area contributed by atoms with Gasteiger partial charge in [0.15, 0.2) is 11.5 Å². The van der Waals surface area contributed by atoms with E-state index < -0.39 is 6.36 Å². The standard InChI is InChI=1S/C17H21F3O2/c1-11-14(9-12-3-2-4-12)7-8-15(21-10-13-5-6-13)16(11)22-17(18,19)20/h7-8,12-13H,2-6,9-10H2,1H3. The van der Waals surface area contributed by atoms with Crippen molar-refractivity contribution < 1.29 is 22.6 Å². The Morgan fingerprint density at radius 1 is 1.09 bits per heavy atom. The minimum absolute atomic E-state index is 0.162. The molecular formula is C17H21F3O2. The van der Waals surface area contributed by atoms with E-state index in [9.17, 15) is 13.2 Å². The molecule has 22 heavy (non-hydrogen) atoms. The Hall–Kier alpha value is -1.39. The highest BCUT2D eigenvalue weighted by Gasteiger charge is 2.34. The summed E-state index contributed by atoms with van der Waals surface area (Å²) < 4.78 is 47.9. The van der Waals surface area contributed by atoms with Crippen LogP contribution >= 0.6 is 0 Å². The van der Waals surface area contributed by atoms with Gasteiger partial charge >= 0.3 is 6.36 Å². The molecule has 0 bridgehead atoms. The SMILES string of the molecule is Cc1c(CC2CCC2)ccc(OCC2CC2)c1OC(F)(F)F. The first-order valence-corrected chi connectivity index (χ1v) is 7.93. The largest absolute Gasteiger partial charge is 0.573 e. The second-order valence-electron chi connectivity index (χ2n) is 6.48. The molecule has 0 saturated heterocycles. The predicted octanol–water partition coefficient (Wildman–Crippen LogP) is 5.03. The highest BCUT2D eigenvalue weighted by atomic mass is 19.4. The van der Waals surface area contributed by atoms with E-state index in [1.165, 1.54) is 6.42 Å². The smallest absolute Gasteiger partial charge is 0.489 e. The molecule has 2 saturated carbocycles. The van der Waals surface area contributed by atoms with Crippen molar-refractivity contribution in [3.8, 4) is 11.5 Å². The van der Waals surface area contributed by atoms with E-state index in [2.05, 4.69) is 4.74 Å². The Morgan fingerprint density at radius 2 is 1.82 bits per heavy atom. The van der Waals surface area contributed by atoms with Crippen LogP contribution in [0.3, 0.4) is 0 Å². The van der Waals surface area contributed by atoms with Crippen LogP contribution in [0.4, 0.5) is 13.2 Å². The number of ether oxygens (including phenoxy) is 2. The van der Waals surface area contributed by atoms with E-state index in [0.717, 1.165) is 37.7 Å². The maximum Gasteiger partial charge on any atom is 0.573 e. The zero-order valence-electron chi connectivity index (χ0n) is 12.7. The summed E-state index contributed by atoms with van der Waals surface area (Å²) in [5.41, 5.74) is 1.49. The van der Waals surface area contributed by atoms with Crippen LogP contribution in [0.5, 0.6) is 11.5 Å². The molecule has 2 aliphatic rings. The van der Waals surface area contributed by atoms with Crippen molar-refractivity contribution in [2.75, 3.05) is 6.61 Å². The summed E-state index contributed by atoms with van der Waals surface area (Å²) in [6.45, 7) is 2.16. The molecule has 0 N–H and O–H groups in total. The van der Waals surface area contributed by atoms with Crippen LogP contribution in [0.1, 0.15) is 43.2 Å². The fraction of sp³-hybridized carbons (Fsp3) is 0.647. The van der Waals surface area contributed by atoms with Gasteiger partial charge in [0.1, 0.15) is 0 Å². The lowest BCUT2D eigenvalue weighted by molar-refractivity contribution is -0.275. The molecule has 0 atom stereocenters. The van der Waals surface area contributed by atoms with Crippen molar-refractivity contribution >= 4 is 0 Å². The molecule has 3 rings (SSSR count). The van der Waals surface area contributed by atoms with Gasteiger partial charge in [-0.25, -0.2) is 0 Å². The first-order chi connectivity index (χ1) is 10.4. The minimum Gasteiger partial charge on any atom is -0.489 e. The normalized spacial score (nSPS) is 18.9. The van der Waals surface area contributed by atoms with Gasteiger partial charge in [0, 0.05) is 0 Å². The first-order valence-electron chi connectivity index (χ1n) is 7.93. The number of hydrogen-bond acceptors (Lipinski definition) is 2. The Morgan fingerprint density at radius 3 is 2.36 bits per heavy atom. The third-order valence-electron chi connectivity index (χ3n) is 4.60. The van der Waals surface area contributed by atoms with Crippen molar-refractivity contribution in [3.63, 3.8) is 0 Å². The summed E-state index contributed by atoms with van der Waals surface area (Å²) in [6.07, 6.45) is 1.85. The Bertz CT molecular complexity index is 531. The molecule has 2 nitrogen and oxygen atoms in total. The molecule has 1 aromatic rings. The van der Waals surface area contributed by atoms with E-state index in [4.69, 9.17) is 4.74 Å². The van der Waals surface area contributed by atoms with E-state index in [1.54, 1.807) is 13.0 Å². The molecule has 1 aromatic carbocycles. The monoisotopic (exact) mass is 314 g/mol. The van der Waals surface area contributed by atoms with Crippen LogP contribution in [0.15, 0.2) is 12.1 Å². The molecule has 2 fully saturated rings. The number of halogens is 3. The number of hydrogen-bond donors (Lipinski definition) is 0. The number of alkyl halides is 3. The van der Waals surface area contributed by atoms with E-state index in [0.29, 0.717) is 24.0 Å². The van der Waals surface area contributed by atoms with Gasteiger partial charge in [0.05, 0.1) is 6.61 Å². The lowest BCUT2D eigenvalue weighted by Gasteiger charge is -2.27. The summed E-state index contributed by atoms with van der Waals surface area (Å²) >= 11 is 0. The number of benzene rings is 1. The van der Waals surface area contributed by atoms with Gasteiger partial charge in [0.25, 0.3) is 0 Å². The highest BCUT2D eigenvalue weighted by molar-refractivity contribution is 5.50. The molecule has 0 radical (unpaired) electrons. The summed E-state index contributed by atoms with van der Waals surface area (Å²) in [5, 5.41) is 0. The molecule has 0 heterocycles. The van der Waals surface area contributed by atoms with Gasteiger partial charge in [0.2, 0.25) is 0 Å². The summed E-state index contributed by atoms with van der Waals surface area (Å²) in [5.74, 6) is 1.12. The Balaban J connectivity index is 1.81. The highest BCUT2D eigenvalue weighted by Crippen LogP contribution is 2.40. The second-order valence-corrected chi connectivity index (χ2v) is 6.48. The van der Waals surface area contributed by atoms with Gasteiger partial charge in [-0.1, -0.05) is 25.3 Å². The quantitative estimate of drug-likeness (QED) is 0.733. The fourth-order valence-electron chi connectivity index (χ4n) is 2.79. The molecule has 0 aliphatic heterocycles. The molecule has 5 heteroatoms. The van der Waals surface area contributed by atoms with Crippen LogP contribution in [0, 0.1) is 18.8 Å². The van der Waals surface area contributed by atoms with Crippen molar-refractivity contribution in [2.24, 2.45) is 11.8 Å². The van der Waals surface area contributed by atoms with Crippen LogP contribution in [-0.4, -0.2) is 13.0 Å². The molecule has 2 aliphatic carbocycles. The van der Waals surface area contributed by atoms with E-state index in [-0.39, 0.29) is 11.5 Å². The fourth-order valence-corrected chi connectivity index (χ4v) is 2.79. The van der Waals surface area contributed by atoms with Gasteiger partial charge in [-0.05, 0) is 55.2 Å². The zero-order valence-corrected chi connectivity index (χ0v) is 12.7. The lowest BCUT2D eigenvalue weighted by Crippen LogP contribution is -2.20. The lowest BCUT2D eigenvalue weighted by atomic mass is 9.80. The Kier molecular flexibility index (Phi) is 4.24. The maximum atomic E-state index is 12.7. The van der Waals surface area contributed by atoms with Crippen LogP contribution in [0.25, 0.3) is 0 Å². The van der Waals surface area contributed by atoms with Gasteiger partial charge in [-0.15, -0.1) is 13.2 Å². The molecule has 0 amide bonds. The summed E-state index contributed by atoms with van der Waals surface area (Å²) in [4.78, 5) is 0. The molecule has 122 valence electrons. The zero-order chi connectivity index (χ0) is 15.7. The summed E-state index contributed by atoms with van der Waals surface area (Å²) in [6, 6.07) is 3.52. The van der Waals surface area contributed by atoms with Crippen molar-refractivity contribution in [2.45, 2.75) is 51.8 Å². The maximum absolute atomic E-state index is 12.7. The average molecular weight is 314 g/mol. The minimum atomic E-state index is -4.70. The summed E-state index contributed by atoms with van der Waals surface area (Å²) in [7, 11) is 0.